The van der Waals surface area contributed by atoms with Gasteiger partial charge in [0.05, 0.1) is 17.2 Å². The Morgan fingerprint density at radius 1 is 1.21 bits per heavy atom. The van der Waals surface area contributed by atoms with Gasteiger partial charge in [-0.05, 0) is 42.4 Å². The van der Waals surface area contributed by atoms with Crippen LogP contribution < -0.4 is 0 Å². The number of rotatable bonds is 1. The number of nitrogens with one attached hydrogen (secondary N) is 1. The maximum Gasteiger partial charge on any atom is 0.138 e. The fourth-order valence-corrected chi connectivity index (χ4v) is 3.52. The topological polar surface area (TPSA) is 41.6 Å². The van der Waals surface area contributed by atoms with Crippen molar-refractivity contribution in [3.8, 4) is 11.4 Å². The van der Waals surface area contributed by atoms with Crippen molar-refractivity contribution in [3.05, 3.63) is 42.2 Å². The molecule has 0 fully saturated rings. The number of imidazole rings is 1. The maximum atomic E-state index is 4.63. The molecule has 19 heavy (non-hydrogen) atoms. The molecular formula is C15H13N3S. The van der Waals surface area contributed by atoms with Gasteiger partial charge in [-0.2, -0.15) is 0 Å². The second-order valence-electron chi connectivity index (χ2n) is 4.75. The maximum absolute atomic E-state index is 4.63. The summed E-state index contributed by atoms with van der Waals surface area (Å²) in [6.07, 6.45) is 6.04. The number of thioether (sulfide) groups is 1. The van der Waals surface area contributed by atoms with Gasteiger partial charge in [-0.15, -0.1) is 11.8 Å². The Bertz CT molecular complexity index is 715. The van der Waals surface area contributed by atoms with Gasteiger partial charge in [-0.25, -0.2) is 4.98 Å². The highest BCUT2D eigenvalue weighted by atomic mass is 32.2. The molecule has 0 saturated carbocycles. The quantitative estimate of drug-likeness (QED) is 0.731. The van der Waals surface area contributed by atoms with E-state index >= 15 is 0 Å². The molecular weight excluding hydrogens is 254 g/mol. The molecule has 1 N–H and O–H groups in total. The highest BCUT2D eigenvalue weighted by Gasteiger charge is 2.12. The number of pyridine rings is 1. The van der Waals surface area contributed by atoms with Crippen LogP contribution in [-0.4, -0.2) is 20.7 Å². The van der Waals surface area contributed by atoms with Crippen molar-refractivity contribution in [2.45, 2.75) is 17.7 Å². The van der Waals surface area contributed by atoms with Crippen LogP contribution in [0, 0.1) is 0 Å². The minimum atomic E-state index is 0.932. The van der Waals surface area contributed by atoms with Crippen LogP contribution in [0.1, 0.15) is 12.0 Å². The monoisotopic (exact) mass is 267 g/mol. The Morgan fingerprint density at radius 2 is 2.21 bits per heavy atom. The Hall–Kier alpha value is -1.81. The van der Waals surface area contributed by atoms with Gasteiger partial charge in [0, 0.05) is 16.7 Å². The van der Waals surface area contributed by atoms with Crippen molar-refractivity contribution in [1.29, 1.82) is 0 Å². The number of H-pyrrole nitrogens is 1. The van der Waals surface area contributed by atoms with E-state index in [-0.39, 0.29) is 0 Å². The van der Waals surface area contributed by atoms with Crippen molar-refractivity contribution < 1.29 is 0 Å². The van der Waals surface area contributed by atoms with E-state index in [1.54, 1.807) is 6.20 Å². The minimum absolute atomic E-state index is 0.932. The number of aromatic amines is 1. The van der Waals surface area contributed by atoms with Gasteiger partial charge in [0.25, 0.3) is 0 Å². The van der Waals surface area contributed by atoms with Crippen LogP contribution in [0.15, 0.2) is 41.6 Å². The molecule has 3 aromatic rings. The summed E-state index contributed by atoms with van der Waals surface area (Å²) in [7, 11) is 0. The predicted molar refractivity (Wildman–Crippen MR) is 78.4 cm³/mol. The lowest BCUT2D eigenvalue weighted by atomic mass is 10.1. The number of hydrogen-bond acceptors (Lipinski definition) is 3. The summed E-state index contributed by atoms with van der Waals surface area (Å²) in [5, 5.41) is 0. The largest absolute Gasteiger partial charge is 0.337 e. The third kappa shape index (κ3) is 1.92. The Labute approximate surface area is 115 Å². The first kappa shape index (κ1) is 11.1. The van der Waals surface area contributed by atoms with E-state index in [9.17, 15) is 0 Å². The Morgan fingerprint density at radius 3 is 3.16 bits per heavy atom. The van der Waals surface area contributed by atoms with Gasteiger partial charge in [0.2, 0.25) is 0 Å². The molecule has 3 nitrogen and oxygen atoms in total. The van der Waals surface area contributed by atoms with Crippen LogP contribution >= 0.6 is 11.8 Å². The van der Waals surface area contributed by atoms with Crippen LogP contribution in [-0.2, 0) is 6.42 Å². The molecule has 3 heterocycles. The number of nitrogens with zero attached hydrogens (tertiary/aromatic N) is 2. The number of aryl methyl sites for hydroxylation is 1. The fraction of sp³-hybridized carbons (Fsp3) is 0.200. The van der Waals surface area contributed by atoms with Crippen LogP contribution in [0.4, 0.5) is 0 Å². The molecule has 0 bridgehead atoms. The summed E-state index contributed by atoms with van der Waals surface area (Å²) in [5.74, 6) is 2.17. The number of fused-ring (bicyclic) bond motifs is 2. The molecule has 94 valence electrons. The zero-order valence-electron chi connectivity index (χ0n) is 10.4. The van der Waals surface area contributed by atoms with Crippen molar-refractivity contribution in [2.24, 2.45) is 0 Å². The molecule has 0 amide bonds. The van der Waals surface area contributed by atoms with E-state index in [1.165, 1.54) is 29.1 Å². The molecule has 0 radical (unpaired) electrons. The lowest BCUT2D eigenvalue weighted by Crippen LogP contribution is -1.98. The molecule has 0 spiro atoms. The second-order valence-corrected chi connectivity index (χ2v) is 5.89. The first-order valence-corrected chi connectivity index (χ1v) is 7.44. The summed E-state index contributed by atoms with van der Waals surface area (Å²) >= 11 is 1.96. The Kier molecular flexibility index (Phi) is 2.55. The van der Waals surface area contributed by atoms with Gasteiger partial charge in [0.15, 0.2) is 0 Å². The fourth-order valence-electron chi connectivity index (χ4n) is 2.50. The molecule has 2 aromatic heterocycles. The summed E-state index contributed by atoms with van der Waals surface area (Å²) in [6.45, 7) is 0. The standard InChI is InChI=1S/C15H13N3S/c1-2-10-8-11(3-4-14(10)19-7-1)15-17-12-5-6-16-9-13(12)18-15/h3-6,8-9H,1-2,7H2,(H,17,18). The van der Waals surface area contributed by atoms with Crippen LogP contribution in [0.2, 0.25) is 0 Å². The summed E-state index contributed by atoms with van der Waals surface area (Å²) in [4.78, 5) is 13.5. The zero-order valence-corrected chi connectivity index (χ0v) is 11.2. The van der Waals surface area contributed by atoms with Gasteiger partial charge in [-0.1, -0.05) is 6.07 Å². The molecule has 0 saturated heterocycles. The summed E-state index contributed by atoms with van der Waals surface area (Å²) < 4.78 is 0. The average molecular weight is 267 g/mol. The molecule has 1 aliphatic rings. The minimum Gasteiger partial charge on any atom is -0.337 e. The second kappa shape index (κ2) is 4.38. The SMILES string of the molecule is c1cc2nc(-c3ccc4c(c3)CCCS4)[nH]c2cn1. The molecule has 0 unspecified atom stereocenters. The van der Waals surface area contributed by atoms with Crippen LogP contribution in [0.5, 0.6) is 0 Å². The van der Waals surface area contributed by atoms with Crippen LogP contribution in [0.3, 0.4) is 0 Å². The Balaban J connectivity index is 1.83. The molecule has 1 aliphatic heterocycles. The van der Waals surface area contributed by atoms with Gasteiger partial charge >= 0.3 is 0 Å². The smallest absolute Gasteiger partial charge is 0.138 e. The van der Waals surface area contributed by atoms with Crippen molar-refractivity contribution in [2.75, 3.05) is 5.75 Å². The lowest BCUT2D eigenvalue weighted by molar-refractivity contribution is 0.890. The van der Waals surface area contributed by atoms with Crippen molar-refractivity contribution in [1.82, 2.24) is 15.0 Å². The number of hydrogen-bond donors (Lipinski definition) is 1. The van der Waals surface area contributed by atoms with E-state index in [0.717, 1.165) is 22.4 Å². The number of aromatic nitrogens is 3. The summed E-state index contributed by atoms with van der Waals surface area (Å²) in [6, 6.07) is 8.58. The van der Waals surface area contributed by atoms with Gasteiger partial charge in [-0.3, -0.25) is 4.98 Å². The first-order valence-electron chi connectivity index (χ1n) is 6.46. The van der Waals surface area contributed by atoms with E-state index in [4.69, 9.17) is 0 Å². The third-order valence-corrected chi connectivity index (χ3v) is 4.67. The molecule has 1 aromatic carbocycles. The molecule has 4 rings (SSSR count). The number of benzene rings is 1. The normalized spacial score (nSPS) is 14.5. The van der Waals surface area contributed by atoms with E-state index in [0.29, 0.717) is 0 Å². The highest BCUT2D eigenvalue weighted by Crippen LogP contribution is 2.32. The van der Waals surface area contributed by atoms with E-state index < -0.39 is 0 Å². The highest BCUT2D eigenvalue weighted by molar-refractivity contribution is 7.99. The van der Waals surface area contributed by atoms with Crippen molar-refractivity contribution >= 4 is 22.8 Å². The zero-order chi connectivity index (χ0) is 12.7. The van der Waals surface area contributed by atoms with Crippen molar-refractivity contribution in [3.63, 3.8) is 0 Å². The molecule has 0 aliphatic carbocycles. The third-order valence-electron chi connectivity index (χ3n) is 3.47. The van der Waals surface area contributed by atoms with Gasteiger partial charge < -0.3 is 4.98 Å². The predicted octanol–water partition coefficient (Wildman–Crippen LogP) is 3.66. The molecule has 4 heteroatoms. The van der Waals surface area contributed by atoms with E-state index in [1.807, 2.05) is 24.0 Å². The lowest BCUT2D eigenvalue weighted by Gasteiger charge is -2.15. The molecule has 0 atom stereocenters. The van der Waals surface area contributed by atoms with E-state index in [2.05, 4.69) is 33.2 Å². The average Bonchev–Trinajstić information content (AvgIpc) is 2.90. The first-order chi connectivity index (χ1) is 9.40. The van der Waals surface area contributed by atoms with Gasteiger partial charge in [0.1, 0.15) is 5.82 Å². The van der Waals surface area contributed by atoms with Crippen LogP contribution in [0.25, 0.3) is 22.4 Å². The summed E-state index contributed by atoms with van der Waals surface area (Å²) in [5.41, 5.74) is 4.58.